The highest BCUT2D eigenvalue weighted by Gasteiger charge is 2.27. The van der Waals surface area contributed by atoms with Crippen molar-refractivity contribution in [3.05, 3.63) is 65.5 Å². The van der Waals surface area contributed by atoms with Crippen molar-refractivity contribution in [1.29, 1.82) is 0 Å². The van der Waals surface area contributed by atoms with Crippen LogP contribution in [0.25, 0.3) is 11.0 Å². The Morgan fingerprint density at radius 1 is 1.15 bits per heavy atom. The summed E-state index contributed by atoms with van der Waals surface area (Å²) in [5.74, 6) is 0.966. The molecular weight excluding hydrogens is 438 g/mol. The second-order valence-electron chi connectivity index (χ2n) is 8.88. The SMILES string of the molecule is CC(C)NS(=O)(=O)Cc1ccccc1CNC(=O)N1CCC[C@H](c2nc3ccccc3[nH]2)C1. The summed E-state index contributed by atoms with van der Waals surface area (Å²) in [4.78, 5) is 22.8. The third kappa shape index (κ3) is 5.91. The molecule has 176 valence electrons. The lowest BCUT2D eigenvalue weighted by molar-refractivity contribution is 0.178. The zero-order chi connectivity index (χ0) is 23.4. The van der Waals surface area contributed by atoms with Gasteiger partial charge in [-0.25, -0.2) is 22.9 Å². The number of para-hydroxylation sites is 2. The van der Waals surface area contributed by atoms with Crippen molar-refractivity contribution in [3.8, 4) is 0 Å². The smallest absolute Gasteiger partial charge is 0.317 e. The number of piperidine rings is 1. The Labute approximate surface area is 194 Å². The molecule has 1 saturated heterocycles. The number of amides is 2. The van der Waals surface area contributed by atoms with E-state index in [2.05, 4.69) is 15.0 Å². The van der Waals surface area contributed by atoms with Gasteiger partial charge in [0.1, 0.15) is 5.82 Å². The van der Waals surface area contributed by atoms with Crippen molar-refractivity contribution in [2.24, 2.45) is 0 Å². The Hall–Kier alpha value is -2.91. The van der Waals surface area contributed by atoms with E-state index >= 15 is 0 Å². The van der Waals surface area contributed by atoms with Gasteiger partial charge < -0.3 is 15.2 Å². The van der Waals surface area contributed by atoms with Crippen LogP contribution in [0.15, 0.2) is 48.5 Å². The molecule has 0 bridgehead atoms. The molecule has 3 N–H and O–H groups in total. The molecule has 1 aromatic heterocycles. The first-order valence-corrected chi connectivity index (χ1v) is 13.0. The highest BCUT2D eigenvalue weighted by molar-refractivity contribution is 7.88. The quantitative estimate of drug-likeness (QED) is 0.492. The van der Waals surface area contributed by atoms with Crippen molar-refractivity contribution < 1.29 is 13.2 Å². The summed E-state index contributed by atoms with van der Waals surface area (Å²) in [6.45, 7) is 5.15. The molecule has 1 aliphatic heterocycles. The number of hydrogen-bond donors (Lipinski definition) is 3. The minimum Gasteiger partial charge on any atom is -0.342 e. The number of benzene rings is 2. The lowest BCUT2D eigenvalue weighted by atomic mass is 9.97. The number of likely N-dealkylation sites (tertiary alicyclic amines) is 1. The number of aromatic amines is 1. The fourth-order valence-corrected chi connectivity index (χ4v) is 5.80. The zero-order valence-electron chi connectivity index (χ0n) is 19.0. The van der Waals surface area contributed by atoms with Crippen LogP contribution < -0.4 is 10.0 Å². The van der Waals surface area contributed by atoms with Crippen LogP contribution in [0.1, 0.15) is 49.6 Å². The predicted octanol–water partition coefficient (Wildman–Crippen LogP) is 3.48. The number of sulfonamides is 1. The van der Waals surface area contributed by atoms with Crippen molar-refractivity contribution in [2.45, 2.75) is 50.9 Å². The molecule has 0 spiro atoms. The number of aromatic nitrogens is 2. The van der Waals surface area contributed by atoms with Crippen LogP contribution in [-0.2, 0) is 22.3 Å². The normalized spacial score (nSPS) is 16.9. The third-order valence-corrected chi connectivity index (χ3v) is 7.33. The molecule has 8 nitrogen and oxygen atoms in total. The summed E-state index contributed by atoms with van der Waals surface area (Å²) >= 11 is 0. The number of rotatable bonds is 7. The average Bonchev–Trinajstić information content (AvgIpc) is 3.22. The molecule has 0 saturated carbocycles. The van der Waals surface area contributed by atoms with E-state index in [0.29, 0.717) is 18.7 Å². The number of nitrogens with one attached hydrogen (secondary N) is 3. The predicted molar refractivity (Wildman–Crippen MR) is 129 cm³/mol. The first-order chi connectivity index (χ1) is 15.8. The summed E-state index contributed by atoms with van der Waals surface area (Å²) in [6.07, 6.45) is 1.89. The maximum Gasteiger partial charge on any atom is 0.317 e. The third-order valence-electron chi connectivity index (χ3n) is 5.81. The number of fused-ring (bicyclic) bond motifs is 1. The van der Waals surface area contributed by atoms with Gasteiger partial charge in [-0.1, -0.05) is 36.4 Å². The van der Waals surface area contributed by atoms with Crippen molar-refractivity contribution in [2.75, 3.05) is 13.1 Å². The second kappa shape index (κ2) is 9.93. The number of carbonyl (C=O) groups is 1. The lowest BCUT2D eigenvalue weighted by Crippen LogP contribution is -2.45. The minimum atomic E-state index is -3.45. The van der Waals surface area contributed by atoms with Gasteiger partial charge in [-0.2, -0.15) is 0 Å². The van der Waals surface area contributed by atoms with Crippen LogP contribution in [-0.4, -0.2) is 48.4 Å². The summed E-state index contributed by atoms with van der Waals surface area (Å²) in [5.41, 5.74) is 3.43. The minimum absolute atomic E-state index is 0.116. The van der Waals surface area contributed by atoms with Crippen molar-refractivity contribution in [3.63, 3.8) is 0 Å². The summed E-state index contributed by atoms with van der Waals surface area (Å²) in [5, 5.41) is 2.98. The van der Waals surface area contributed by atoms with E-state index in [1.165, 1.54) is 0 Å². The molecule has 1 aliphatic rings. The van der Waals surface area contributed by atoms with Crippen molar-refractivity contribution in [1.82, 2.24) is 24.9 Å². The maximum atomic E-state index is 12.9. The van der Waals surface area contributed by atoms with Crippen molar-refractivity contribution >= 4 is 27.1 Å². The molecular formula is C24H31N5O3S. The van der Waals surface area contributed by atoms with E-state index in [1.54, 1.807) is 19.9 Å². The van der Waals surface area contributed by atoms with Gasteiger partial charge in [-0.3, -0.25) is 0 Å². The van der Waals surface area contributed by atoms with Gasteiger partial charge in [0.2, 0.25) is 10.0 Å². The Morgan fingerprint density at radius 3 is 2.64 bits per heavy atom. The number of imidazole rings is 1. The van der Waals surface area contributed by atoms with E-state index in [1.807, 2.05) is 47.4 Å². The van der Waals surface area contributed by atoms with Gasteiger partial charge in [0, 0.05) is 31.6 Å². The number of nitrogens with zero attached hydrogens (tertiary/aromatic N) is 2. The largest absolute Gasteiger partial charge is 0.342 e. The highest BCUT2D eigenvalue weighted by atomic mass is 32.2. The zero-order valence-corrected chi connectivity index (χ0v) is 19.9. The van der Waals surface area contributed by atoms with Crippen LogP contribution in [0.4, 0.5) is 4.79 Å². The monoisotopic (exact) mass is 469 g/mol. The molecule has 0 aliphatic carbocycles. The van der Waals surface area contributed by atoms with Crippen LogP contribution >= 0.6 is 0 Å². The van der Waals surface area contributed by atoms with Gasteiger partial charge in [0.15, 0.2) is 0 Å². The van der Waals surface area contributed by atoms with E-state index in [-0.39, 0.29) is 30.3 Å². The van der Waals surface area contributed by atoms with E-state index < -0.39 is 10.0 Å². The molecule has 2 aromatic carbocycles. The van der Waals surface area contributed by atoms with Gasteiger partial charge in [-0.05, 0) is 49.9 Å². The fourth-order valence-electron chi connectivity index (χ4n) is 4.31. The van der Waals surface area contributed by atoms with Crippen LogP contribution in [0.5, 0.6) is 0 Å². The fraction of sp³-hybridized carbons (Fsp3) is 0.417. The van der Waals surface area contributed by atoms with Gasteiger partial charge >= 0.3 is 6.03 Å². The molecule has 1 fully saturated rings. The molecule has 2 amide bonds. The van der Waals surface area contributed by atoms with Gasteiger partial charge in [0.25, 0.3) is 0 Å². The molecule has 4 rings (SSSR count). The number of H-pyrrole nitrogens is 1. The number of carbonyl (C=O) groups excluding carboxylic acids is 1. The average molecular weight is 470 g/mol. The molecule has 1 atom stereocenters. The Bertz CT molecular complexity index is 1190. The van der Waals surface area contributed by atoms with Crippen LogP contribution in [0, 0.1) is 0 Å². The summed E-state index contributed by atoms with van der Waals surface area (Å²) in [7, 11) is -3.45. The first kappa shape index (κ1) is 23.3. The van der Waals surface area contributed by atoms with Crippen LogP contribution in [0.3, 0.4) is 0 Å². The molecule has 0 unspecified atom stereocenters. The molecule has 0 radical (unpaired) electrons. The number of urea groups is 1. The Morgan fingerprint density at radius 2 is 1.88 bits per heavy atom. The highest BCUT2D eigenvalue weighted by Crippen LogP contribution is 2.26. The Balaban J connectivity index is 1.39. The first-order valence-electron chi connectivity index (χ1n) is 11.3. The molecule has 3 aromatic rings. The standard InChI is InChI=1S/C24H31N5O3S/c1-17(2)28-33(31,32)16-20-9-4-3-8-18(20)14-25-24(30)29-13-7-10-19(15-29)23-26-21-11-5-6-12-22(21)27-23/h3-6,8-9,11-12,17,19,28H,7,10,13-16H2,1-2H3,(H,25,30)(H,26,27)/t19-/m0/s1. The summed E-state index contributed by atoms with van der Waals surface area (Å²) in [6, 6.07) is 14.9. The number of hydrogen-bond acceptors (Lipinski definition) is 4. The topological polar surface area (TPSA) is 107 Å². The van der Waals surface area contributed by atoms with E-state index in [9.17, 15) is 13.2 Å². The van der Waals surface area contributed by atoms with Gasteiger partial charge in [0.05, 0.1) is 16.8 Å². The molecule has 9 heteroatoms. The summed E-state index contributed by atoms with van der Waals surface area (Å²) < 4.78 is 27.3. The van der Waals surface area contributed by atoms with Gasteiger partial charge in [-0.15, -0.1) is 0 Å². The van der Waals surface area contributed by atoms with Crippen LogP contribution in [0.2, 0.25) is 0 Å². The molecule has 2 heterocycles. The second-order valence-corrected chi connectivity index (χ2v) is 10.6. The maximum absolute atomic E-state index is 12.9. The Kier molecular flexibility index (Phi) is 6.99. The molecule has 33 heavy (non-hydrogen) atoms. The lowest BCUT2D eigenvalue weighted by Gasteiger charge is -2.32. The van der Waals surface area contributed by atoms with E-state index in [4.69, 9.17) is 4.98 Å². The van der Waals surface area contributed by atoms with E-state index in [0.717, 1.165) is 35.3 Å².